The van der Waals surface area contributed by atoms with Crippen molar-refractivity contribution in [3.63, 3.8) is 0 Å². The number of aliphatic hydroxyl groups excluding tert-OH is 1. The van der Waals surface area contributed by atoms with E-state index < -0.39 is 0 Å². The smallest absolute Gasteiger partial charge is 0.0474 e. The Balaban J connectivity index is 2.21. The number of hydrogen-bond acceptors (Lipinski definition) is 2. The summed E-state index contributed by atoms with van der Waals surface area (Å²) in [6.07, 6.45) is 5.45. The molecule has 2 atom stereocenters. The van der Waals surface area contributed by atoms with Crippen LogP contribution in [0.4, 0.5) is 0 Å². The Morgan fingerprint density at radius 2 is 2.33 bits per heavy atom. The SMILES string of the molecule is OCC1CCCC1NC/C=C/Cl. The summed E-state index contributed by atoms with van der Waals surface area (Å²) in [5, 5.41) is 12.4. The fourth-order valence-corrected chi connectivity index (χ4v) is 1.88. The quantitative estimate of drug-likeness (QED) is 0.703. The molecule has 0 spiro atoms. The highest BCUT2D eigenvalue weighted by molar-refractivity contribution is 6.25. The summed E-state index contributed by atoms with van der Waals surface area (Å²) >= 11 is 5.39. The summed E-state index contributed by atoms with van der Waals surface area (Å²) < 4.78 is 0. The molecule has 0 aromatic carbocycles. The van der Waals surface area contributed by atoms with Crippen LogP contribution in [-0.4, -0.2) is 24.3 Å². The third-order valence-corrected chi connectivity index (χ3v) is 2.66. The molecule has 2 N–H and O–H groups in total. The van der Waals surface area contributed by atoms with Crippen molar-refractivity contribution in [2.24, 2.45) is 5.92 Å². The number of nitrogens with one attached hydrogen (secondary N) is 1. The Kier molecular flexibility index (Phi) is 4.66. The minimum absolute atomic E-state index is 0.308. The Bertz CT molecular complexity index is 149. The number of halogens is 1. The summed E-state index contributed by atoms with van der Waals surface area (Å²) in [7, 11) is 0. The zero-order valence-corrected chi connectivity index (χ0v) is 7.93. The second kappa shape index (κ2) is 5.57. The highest BCUT2D eigenvalue weighted by atomic mass is 35.5. The maximum Gasteiger partial charge on any atom is 0.0474 e. The summed E-state index contributed by atoms with van der Waals surface area (Å²) in [6, 6.07) is 0.489. The first-order valence-corrected chi connectivity index (χ1v) is 4.91. The largest absolute Gasteiger partial charge is 0.396 e. The molecule has 0 bridgehead atoms. The van der Waals surface area contributed by atoms with Crippen LogP contribution in [0.2, 0.25) is 0 Å². The average Bonchev–Trinajstić information content (AvgIpc) is 2.52. The zero-order chi connectivity index (χ0) is 8.81. The molecule has 0 amide bonds. The first kappa shape index (κ1) is 10.0. The maximum absolute atomic E-state index is 9.01. The molecule has 12 heavy (non-hydrogen) atoms. The van der Waals surface area contributed by atoms with Crippen LogP contribution >= 0.6 is 11.6 Å². The van der Waals surface area contributed by atoms with E-state index in [9.17, 15) is 0 Å². The third-order valence-electron chi connectivity index (χ3n) is 2.48. The van der Waals surface area contributed by atoms with Crippen molar-refractivity contribution >= 4 is 11.6 Å². The molecule has 3 heteroatoms. The zero-order valence-electron chi connectivity index (χ0n) is 7.17. The average molecular weight is 190 g/mol. The van der Waals surface area contributed by atoms with E-state index in [1.807, 2.05) is 6.08 Å². The molecule has 70 valence electrons. The molecule has 1 saturated carbocycles. The van der Waals surface area contributed by atoms with Crippen LogP contribution in [-0.2, 0) is 0 Å². The van der Waals surface area contributed by atoms with Gasteiger partial charge in [0.05, 0.1) is 0 Å². The summed E-state index contributed by atoms with van der Waals surface area (Å²) in [5.74, 6) is 0.453. The van der Waals surface area contributed by atoms with Gasteiger partial charge in [0.15, 0.2) is 0 Å². The molecule has 1 aliphatic rings. The van der Waals surface area contributed by atoms with Crippen LogP contribution in [0.25, 0.3) is 0 Å². The first-order chi connectivity index (χ1) is 5.88. The van der Waals surface area contributed by atoms with Gasteiger partial charge in [-0.1, -0.05) is 24.1 Å². The van der Waals surface area contributed by atoms with Gasteiger partial charge < -0.3 is 10.4 Å². The van der Waals surface area contributed by atoms with Crippen molar-refractivity contribution in [3.8, 4) is 0 Å². The monoisotopic (exact) mass is 189 g/mol. The highest BCUT2D eigenvalue weighted by Crippen LogP contribution is 2.24. The molecule has 0 aromatic rings. The topological polar surface area (TPSA) is 32.3 Å². The summed E-state index contributed by atoms with van der Waals surface area (Å²) in [4.78, 5) is 0. The minimum atomic E-state index is 0.308. The molecule has 0 saturated heterocycles. The third kappa shape index (κ3) is 2.77. The van der Waals surface area contributed by atoms with E-state index in [0.29, 0.717) is 18.6 Å². The van der Waals surface area contributed by atoms with E-state index in [1.54, 1.807) is 0 Å². The molecular weight excluding hydrogens is 174 g/mol. The molecule has 0 radical (unpaired) electrons. The van der Waals surface area contributed by atoms with Gasteiger partial charge >= 0.3 is 0 Å². The molecule has 1 fully saturated rings. The van der Waals surface area contributed by atoms with Crippen molar-refractivity contribution in [3.05, 3.63) is 11.6 Å². The van der Waals surface area contributed by atoms with Crippen LogP contribution in [0.1, 0.15) is 19.3 Å². The van der Waals surface area contributed by atoms with Gasteiger partial charge in [-0.15, -0.1) is 0 Å². The van der Waals surface area contributed by atoms with Crippen molar-refractivity contribution in [2.45, 2.75) is 25.3 Å². The fourth-order valence-electron chi connectivity index (χ4n) is 1.79. The van der Waals surface area contributed by atoms with Gasteiger partial charge in [-0.2, -0.15) is 0 Å². The van der Waals surface area contributed by atoms with Crippen molar-refractivity contribution in [1.82, 2.24) is 5.32 Å². The second-order valence-corrected chi connectivity index (χ2v) is 3.50. The van der Waals surface area contributed by atoms with E-state index in [2.05, 4.69) is 5.32 Å². The van der Waals surface area contributed by atoms with Gasteiger partial charge in [0, 0.05) is 24.7 Å². The van der Waals surface area contributed by atoms with Gasteiger partial charge in [0.2, 0.25) is 0 Å². The lowest BCUT2D eigenvalue weighted by Gasteiger charge is -2.17. The first-order valence-electron chi connectivity index (χ1n) is 4.48. The molecule has 2 nitrogen and oxygen atoms in total. The second-order valence-electron chi connectivity index (χ2n) is 3.25. The molecule has 0 aliphatic heterocycles. The van der Waals surface area contributed by atoms with Crippen LogP contribution in [0.15, 0.2) is 11.6 Å². The predicted octanol–water partition coefficient (Wildman–Crippen LogP) is 1.49. The van der Waals surface area contributed by atoms with Crippen molar-refractivity contribution in [2.75, 3.05) is 13.2 Å². The van der Waals surface area contributed by atoms with Crippen LogP contribution < -0.4 is 5.32 Å². The molecule has 1 aliphatic carbocycles. The number of hydrogen-bond donors (Lipinski definition) is 2. The van der Waals surface area contributed by atoms with E-state index in [0.717, 1.165) is 13.0 Å². The van der Waals surface area contributed by atoms with E-state index >= 15 is 0 Å². The van der Waals surface area contributed by atoms with Crippen molar-refractivity contribution in [1.29, 1.82) is 0 Å². The molecular formula is C9H16ClNO. The number of aliphatic hydroxyl groups is 1. The van der Waals surface area contributed by atoms with E-state index in [-0.39, 0.29) is 0 Å². The molecule has 2 unspecified atom stereocenters. The van der Waals surface area contributed by atoms with Crippen LogP contribution in [0.5, 0.6) is 0 Å². The molecule has 0 heterocycles. The Morgan fingerprint density at radius 1 is 1.50 bits per heavy atom. The lowest BCUT2D eigenvalue weighted by molar-refractivity contribution is 0.207. The van der Waals surface area contributed by atoms with Gasteiger partial charge in [0.1, 0.15) is 0 Å². The van der Waals surface area contributed by atoms with Crippen LogP contribution in [0, 0.1) is 5.92 Å². The predicted molar refractivity (Wildman–Crippen MR) is 51.2 cm³/mol. The van der Waals surface area contributed by atoms with Gasteiger partial charge in [-0.3, -0.25) is 0 Å². The van der Waals surface area contributed by atoms with Gasteiger partial charge in [-0.05, 0) is 18.8 Å². The highest BCUT2D eigenvalue weighted by Gasteiger charge is 2.25. The van der Waals surface area contributed by atoms with Crippen molar-refractivity contribution < 1.29 is 5.11 Å². The lowest BCUT2D eigenvalue weighted by atomic mass is 10.1. The summed E-state index contributed by atoms with van der Waals surface area (Å²) in [5.41, 5.74) is 1.52. The Morgan fingerprint density at radius 3 is 3.00 bits per heavy atom. The van der Waals surface area contributed by atoms with Crippen LogP contribution in [0.3, 0.4) is 0 Å². The Labute approximate surface area is 78.6 Å². The number of rotatable bonds is 4. The maximum atomic E-state index is 9.01. The Hall–Kier alpha value is -0.0500. The van der Waals surface area contributed by atoms with Gasteiger partial charge in [0.25, 0.3) is 0 Å². The lowest BCUT2D eigenvalue weighted by Crippen LogP contribution is -2.33. The minimum Gasteiger partial charge on any atom is -0.396 e. The standard InChI is InChI=1S/C9H16ClNO/c10-5-2-6-11-9-4-1-3-8(9)7-12/h2,5,8-9,11-12H,1,3-4,6-7H2/b5-2+. The van der Waals surface area contributed by atoms with E-state index in [4.69, 9.17) is 16.7 Å². The fraction of sp³-hybridized carbons (Fsp3) is 0.778. The van der Waals surface area contributed by atoms with E-state index in [1.165, 1.54) is 18.4 Å². The van der Waals surface area contributed by atoms with Gasteiger partial charge in [-0.25, -0.2) is 0 Å². The molecule has 1 rings (SSSR count). The summed E-state index contributed by atoms with van der Waals surface area (Å²) in [6.45, 7) is 1.12. The molecule has 0 aromatic heterocycles. The normalized spacial score (nSPS) is 30.2.